The van der Waals surface area contributed by atoms with E-state index in [1.807, 2.05) is 6.07 Å². The number of ether oxygens (including phenoxy) is 1. The monoisotopic (exact) mass is 152 g/mol. The van der Waals surface area contributed by atoms with Crippen LogP contribution in [-0.4, -0.2) is 23.7 Å². The summed E-state index contributed by atoms with van der Waals surface area (Å²) in [5.41, 5.74) is 0. The second kappa shape index (κ2) is 4.79. The highest BCUT2D eigenvalue weighted by atomic mass is 16.5. The van der Waals surface area contributed by atoms with E-state index >= 15 is 0 Å². The third-order valence-corrected chi connectivity index (χ3v) is 1.37. The predicted octanol–water partition coefficient (Wildman–Crippen LogP) is 1.06. The van der Waals surface area contributed by atoms with Crippen molar-refractivity contribution in [3.8, 4) is 0 Å². The zero-order valence-corrected chi connectivity index (χ0v) is 6.66. The van der Waals surface area contributed by atoms with Gasteiger partial charge in [-0.05, 0) is 12.5 Å². The lowest BCUT2D eigenvalue weighted by Gasteiger charge is -1.97. The first-order valence-electron chi connectivity index (χ1n) is 3.68. The summed E-state index contributed by atoms with van der Waals surface area (Å²) in [6.45, 7) is 0.776. The SMILES string of the molecule is COCCCc1ncccn1. The molecule has 0 atom stereocenters. The van der Waals surface area contributed by atoms with E-state index in [1.165, 1.54) is 0 Å². The molecule has 3 nitrogen and oxygen atoms in total. The Kier molecular flexibility index (Phi) is 3.55. The van der Waals surface area contributed by atoms with Crippen LogP contribution in [0.2, 0.25) is 0 Å². The topological polar surface area (TPSA) is 35.0 Å². The Morgan fingerprint density at radius 2 is 2.09 bits per heavy atom. The van der Waals surface area contributed by atoms with Crippen molar-refractivity contribution in [2.24, 2.45) is 0 Å². The van der Waals surface area contributed by atoms with Crippen LogP contribution in [0.4, 0.5) is 0 Å². The maximum atomic E-state index is 4.91. The van der Waals surface area contributed by atoms with Crippen molar-refractivity contribution in [1.82, 2.24) is 9.97 Å². The lowest BCUT2D eigenvalue weighted by molar-refractivity contribution is 0.194. The number of hydrogen-bond acceptors (Lipinski definition) is 3. The van der Waals surface area contributed by atoms with Crippen LogP contribution >= 0.6 is 0 Å². The fourth-order valence-electron chi connectivity index (χ4n) is 0.834. The van der Waals surface area contributed by atoms with Gasteiger partial charge in [0.2, 0.25) is 0 Å². The third kappa shape index (κ3) is 3.09. The average Bonchev–Trinajstić information content (AvgIpc) is 2.07. The summed E-state index contributed by atoms with van der Waals surface area (Å²) in [7, 11) is 1.70. The van der Waals surface area contributed by atoms with E-state index in [2.05, 4.69) is 9.97 Å². The number of methoxy groups -OCH3 is 1. The first kappa shape index (κ1) is 8.14. The molecule has 1 rings (SSSR count). The van der Waals surface area contributed by atoms with Gasteiger partial charge in [-0.1, -0.05) is 0 Å². The van der Waals surface area contributed by atoms with Crippen molar-refractivity contribution in [2.75, 3.05) is 13.7 Å². The summed E-state index contributed by atoms with van der Waals surface area (Å²) >= 11 is 0. The van der Waals surface area contributed by atoms with Crippen LogP contribution in [-0.2, 0) is 11.2 Å². The Hall–Kier alpha value is -0.960. The highest BCUT2D eigenvalue weighted by Crippen LogP contribution is 1.93. The lowest BCUT2D eigenvalue weighted by atomic mass is 10.3. The molecule has 0 N–H and O–H groups in total. The minimum Gasteiger partial charge on any atom is -0.385 e. The van der Waals surface area contributed by atoms with Crippen molar-refractivity contribution < 1.29 is 4.74 Å². The second-order valence-corrected chi connectivity index (χ2v) is 2.26. The lowest BCUT2D eigenvalue weighted by Crippen LogP contribution is -1.96. The van der Waals surface area contributed by atoms with Gasteiger partial charge >= 0.3 is 0 Å². The highest BCUT2D eigenvalue weighted by Gasteiger charge is 1.92. The molecule has 0 saturated carbocycles. The zero-order chi connectivity index (χ0) is 7.94. The van der Waals surface area contributed by atoms with E-state index in [9.17, 15) is 0 Å². The summed E-state index contributed by atoms with van der Waals surface area (Å²) in [5.74, 6) is 0.893. The molecule has 0 fully saturated rings. The molecule has 1 heterocycles. The summed E-state index contributed by atoms with van der Waals surface area (Å²) in [6.07, 6.45) is 5.40. The van der Waals surface area contributed by atoms with Crippen molar-refractivity contribution in [2.45, 2.75) is 12.8 Å². The Morgan fingerprint density at radius 1 is 1.36 bits per heavy atom. The Bertz CT molecular complexity index is 189. The van der Waals surface area contributed by atoms with E-state index in [0.717, 1.165) is 25.3 Å². The number of hydrogen-bond donors (Lipinski definition) is 0. The summed E-state index contributed by atoms with van der Waals surface area (Å²) in [4.78, 5) is 8.17. The number of aryl methyl sites for hydroxylation is 1. The molecule has 0 radical (unpaired) electrons. The summed E-state index contributed by atoms with van der Waals surface area (Å²) in [5, 5.41) is 0. The van der Waals surface area contributed by atoms with Crippen LogP contribution in [0.15, 0.2) is 18.5 Å². The molecule has 0 aliphatic rings. The smallest absolute Gasteiger partial charge is 0.128 e. The molecule has 0 unspecified atom stereocenters. The average molecular weight is 152 g/mol. The number of nitrogens with zero attached hydrogens (tertiary/aromatic N) is 2. The molecular formula is C8H12N2O. The van der Waals surface area contributed by atoms with Crippen LogP contribution < -0.4 is 0 Å². The maximum absolute atomic E-state index is 4.91. The van der Waals surface area contributed by atoms with Crippen molar-refractivity contribution in [3.63, 3.8) is 0 Å². The van der Waals surface area contributed by atoms with Gasteiger partial charge in [0.25, 0.3) is 0 Å². The van der Waals surface area contributed by atoms with E-state index in [-0.39, 0.29) is 0 Å². The fourth-order valence-corrected chi connectivity index (χ4v) is 0.834. The normalized spacial score (nSPS) is 9.91. The van der Waals surface area contributed by atoms with Gasteiger partial charge in [0, 0.05) is 32.5 Å². The summed E-state index contributed by atoms with van der Waals surface area (Å²) in [6, 6.07) is 1.82. The van der Waals surface area contributed by atoms with Gasteiger partial charge in [-0.2, -0.15) is 0 Å². The molecule has 0 aliphatic carbocycles. The molecule has 0 aromatic carbocycles. The molecule has 11 heavy (non-hydrogen) atoms. The molecule has 60 valence electrons. The van der Waals surface area contributed by atoms with Gasteiger partial charge in [-0.3, -0.25) is 0 Å². The van der Waals surface area contributed by atoms with Crippen LogP contribution in [0.25, 0.3) is 0 Å². The van der Waals surface area contributed by atoms with Gasteiger partial charge < -0.3 is 4.74 Å². The summed E-state index contributed by atoms with van der Waals surface area (Å²) < 4.78 is 4.91. The third-order valence-electron chi connectivity index (χ3n) is 1.37. The first-order valence-corrected chi connectivity index (χ1v) is 3.68. The first-order chi connectivity index (χ1) is 5.43. The van der Waals surface area contributed by atoms with E-state index in [4.69, 9.17) is 4.74 Å². The minimum absolute atomic E-state index is 0.776. The van der Waals surface area contributed by atoms with E-state index < -0.39 is 0 Å². The second-order valence-electron chi connectivity index (χ2n) is 2.26. The molecule has 1 aromatic rings. The highest BCUT2D eigenvalue weighted by molar-refractivity contribution is 4.88. The van der Waals surface area contributed by atoms with Gasteiger partial charge in [-0.15, -0.1) is 0 Å². The maximum Gasteiger partial charge on any atom is 0.128 e. The molecular weight excluding hydrogens is 140 g/mol. The van der Waals surface area contributed by atoms with Crippen molar-refractivity contribution in [3.05, 3.63) is 24.3 Å². The van der Waals surface area contributed by atoms with E-state index in [0.29, 0.717) is 0 Å². The largest absolute Gasteiger partial charge is 0.385 e. The van der Waals surface area contributed by atoms with Gasteiger partial charge in [0.05, 0.1) is 0 Å². The van der Waals surface area contributed by atoms with E-state index in [1.54, 1.807) is 19.5 Å². The standard InChI is InChI=1S/C8H12N2O/c1-11-7-2-4-8-9-5-3-6-10-8/h3,5-6H,2,4,7H2,1H3. The molecule has 0 spiro atoms. The molecule has 0 aliphatic heterocycles. The molecule has 3 heteroatoms. The minimum atomic E-state index is 0.776. The van der Waals surface area contributed by atoms with Crippen LogP contribution in [0.5, 0.6) is 0 Å². The molecule has 0 amide bonds. The zero-order valence-electron chi connectivity index (χ0n) is 6.66. The van der Waals surface area contributed by atoms with Gasteiger partial charge in [0.15, 0.2) is 0 Å². The van der Waals surface area contributed by atoms with Gasteiger partial charge in [-0.25, -0.2) is 9.97 Å². The number of rotatable bonds is 4. The van der Waals surface area contributed by atoms with Crippen LogP contribution in [0.1, 0.15) is 12.2 Å². The Balaban J connectivity index is 2.28. The Labute approximate surface area is 66.4 Å². The van der Waals surface area contributed by atoms with Gasteiger partial charge in [0.1, 0.15) is 5.82 Å². The number of aromatic nitrogens is 2. The molecule has 0 bridgehead atoms. The molecule has 1 aromatic heterocycles. The van der Waals surface area contributed by atoms with Crippen LogP contribution in [0.3, 0.4) is 0 Å². The van der Waals surface area contributed by atoms with Crippen LogP contribution in [0, 0.1) is 0 Å². The quantitative estimate of drug-likeness (QED) is 0.605. The Morgan fingerprint density at radius 3 is 2.73 bits per heavy atom. The predicted molar refractivity (Wildman–Crippen MR) is 42.2 cm³/mol. The fraction of sp³-hybridized carbons (Fsp3) is 0.500. The van der Waals surface area contributed by atoms with Crippen molar-refractivity contribution in [1.29, 1.82) is 0 Å². The molecule has 0 saturated heterocycles. The van der Waals surface area contributed by atoms with Crippen molar-refractivity contribution >= 4 is 0 Å².